The molecule has 2 aromatic heterocycles. The van der Waals surface area contributed by atoms with Crippen LogP contribution in [0.4, 0.5) is 0 Å². The number of aromatic hydroxyl groups is 2. The number of amides is 2. The van der Waals surface area contributed by atoms with Crippen LogP contribution in [0.1, 0.15) is 26.9 Å². The topological polar surface area (TPSA) is 197 Å². The largest absolute Gasteiger partial charge is 0.506 e. The summed E-state index contributed by atoms with van der Waals surface area (Å²) in [5, 5.41) is 67.1. The molecule has 1 saturated heterocycles. The number of para-hydroxylation sites is 2. The molecule has 5 atom stereocenters. The van der Waals surface area contributed by atoms with E-state index in [1.807, 2.05) is 0 Å². The number of aliphatic hydroxyl groups excluding tert-OH is 4. The Kier molecular flexibility index (Phi) is 4.63. The number of hydrogen-bond donors (Lipinski definition) is 8. The molecule has 8 N–H and O–H groups in total. The average Bonchev–Trinajstić information content (AvgIpc) is 3.53. The standard InChI is InChI=1S/C26H21N3O9/c30-7-12-21(33)22(34)23(35)26(38-12)29-19-9(4-2-6-11(19)32)14-16-15(24(36)28-25(16)37)13-8-3-1-5-10(31)17(8)27-18(13)20(14)29/h1-6,12,21-23,26-27,30-35H,7H2,(H,28,36,37)/t12-,21-,22+,23-,26?/m1/s1. The molecule has 5 aromatic rings. The van der Waals surface area contributed by atoms with E-state index in [2.05, 4.69) is 10.3 Å². The number of imide groups is 1. The lowest BCUT2D eigenvalue weighted by Gasteiger charge is -2.41. The van der Waals surface area contributed by atoms with Crippen LogP contribution in [-0.4, -0.2) is 83.0 Å². The molecule has 3 aromatic carbocycles. The molecule has 0 saturated carbocycles. The summed E-state index contributed by atoms with van der Waals surface area (Å²) in [6.07, 6.45) is -7.75. The molecule has 2 aliphatic rings. The van der Waals surface area contributed by atoms with Gasteiger partial charge < -0.3 is 44.9 Å². The second kappa shape index (κ2) is 7.66. The first-order chi connectivity index (χ1) is 18.2. The first-order valence-electron chi connectivity index (χ1n) is 11.9. The third kappa shape index (κ3) is 2.69. The Bertz CT molecular complexity index is 1850. The molecule has 0 bridgehead atoms. The van der Waals surface area contributed by atoms with Crippen molar-refractivity contribution in [3.63, 3.8) is 0 Å². The van der Waals surface area contributed by atoms with Crippen molar-refractivity contribution < 1.29 is 45.0 Å². The van der Waals surface area contributed by atoms with Crippen LogP contribution in [0.3, 0.4) is 0 Å². The zero-order valence-electron chi connectivity index (χ0n) is 19.4. The molecule has 0 radical (unpaired) electrons. The molecule has 0 aliphatic carbocycles. The van der Waals surface area contributed by atoms with E-state index in [-0.39, 0.29) is 39.0 Å². The second-order valence-corrected chi connectivity index (χ2v) is 9.59. The SMILES string of the molecule is O=C1NC(=O)c2c1c1c3cccc(O)c3[nH]c1c1c2c2cccc(O)c2n1C1O[C@H](CO)[C@@H](O)[C@H](O)[C@H]1O. The second-order valence-electron chi connectivity index (χ2n) is 9.59. The molecule has 194 valence electrons. The van der Waals surface area contributed by atoms with Crippen molar-refractivity contribution in [3.8, 4) is 11.5 Å². The van der Waals surface area contributed by atoms with Crippen molar-refractivity contribution in [2.45, 2.75) is 30.6 Å². The monoisotopic (exact) mass is 519 g/mol. The Morgan fingerprint density at radius 3 is 2.16 bits per heavy atom. The Hall–Kier alpha value is -4.20. The molecule has 4 heterocycles. The van der Waals surface area contributed by atoms with Crippen LogP contribution in [0.5, 0.6) is 11.5 Å². The van der Waals surface area contributed by atoms with Gasteiger partial charge in [0.1, 0.15) is 35.9 Å². The van der Waals surface area contributed by atoms with Gasteiger partial charge in [-0.3, -0.25) is 14.9 Å². The molecule has 1 fully saturated rings. The third-order valence-corrected chi connectivity index (χ3v) is 7.60. The molecule has 38 heavy (non-hydrogen) atoms. The number of nitrogens with zero attached hydrogens (tertiary/aromatic N) is 1. The first kappa shape index (κ1) is 23.0. The highest BCUT2D eigenvalue weighted by Crippen LogP contribution is 2.48. The molecule has 12 heteroatoms. The van der Waals surface area contributed by atoms with Crippen molar-refractivity contribution in [3.05, 3.63) is 47.5 Å². The van der Waals surface area contributed by atoms with Gasteiger partial charge in [-0.05, 0) is 12.1 Å². The maximum atomic E-state index is 13.2. The number of fused-ring (bicyclic) bond motifs is 10. The molecule has 7 rings (SSSR count). The van der Waals surface area contributed by atoms with E-state index in [1.165, 1.54) is 16.7 Å². The van der Waals surface area contributed by atoms with Crippen molar-refractivity contribution >= 4 is 55.4 Å². The predicted octanol–water partition coefficient (Wildman–Crippen LogP) is 0.696. The molecule has 2 aliphatic heterocycles. The minimum Gasteiger partial charge on any atom is -0.506 e. The number of carbonyl (C=O) groups is 2. The van der Waals surface area contributed by atoms with Crippen molar-refractivity contribution in [1.29, 1.82) is 0 Å². The zero-order chi connectivity index (χ0) is 26.6. The number of carbonyl (C=O) groups excluding carboxylic acids is 2. The summed E-state index contributed by atoms with van der Waals surface area (Å²) in [5.41, 5.74) is 1.08. The number of aromatic nitrogens is 2. The van der Waals surface area contributed by atoms with E-state index < -0.39 is 49.1 Å². The molecule has 0 spiro atoms. The van der Waals surface area contributed by atoms with Crippen molar-refractivity contribution in [2.75, 3.05) is 6.61 Å². The van der Waals surface area contributed by atoms with Crippen LogP contribution in [0, 0.1) is 0 Å². The lowest BCUT2D eigenvalue weighted by molar-refractivity contribution is -0.249. The fourth-order valence-corrected chi connectivity index (χ4v) is 5.97. The summed E-state index contributed by atoms with van der Waals surface area (Å²) in [5.74, 6) is -1.65. The van der Waals surface area contributed by atoms with Crippen LogP contribution >= 0.6 is 0 Å². The fourth-order valence-electron chi connectivity index (χ4n) is 5.97. The van der Waals surface area contributed by atoms with Gasteiger partial charge in [-0.25, -0.2) is 0 Å². The number of aliphatic hydroxyl groups is 4. The summed E-state index contributed by atoms with van der Waals surface area (Å²) in [6, 6.07) is 9.29. The molecular weight excluding hydrogens is 498 g/mol. The molecule has 1 unspecified atom stereocenters. The fraction of sp³-hybridized carbons (Fsp3) is 0.231. The predicted molar refractivity (Wildman–Crippen MR) is 133 cm³/mol. The van der Waals surface area contributed by atoms with E-state index in [0.29, 0.717) is 27.2 Å². The van der Waals surface area contributed by atoms with Gasteiger partial charge in [-0.1, -0.05) is 24.3 Å². The number of H-pyrrole nitrogens is 1. The van der Waals surface area contributed by atoms with E-state index in [1.54, 1.807) is 24.3 Å². The summed E-state index contributed by atoms with van der Waals surface area (Å²) in [7, 11) is 0. The Morgan fingerprint density at radius 1 is 0.789 bits per heavy atom. The number of rotatable bonds is 2. The summed E-state index contributed by atoms with van der Waals surface area (Å²) >= 11 is 0. The van der Waals surface area contributed by atoms with Crippen molar-refractivity contribution in [2.24, 2.45) is 0 Å². The van der Waals surface area contributed by atoms with Crippen LogP contribution in [0.25, 0.3) is 43.6 Å². The summed E-state index contributed by atoms with van der Waals surface area (Å²) in [4.78, 5) is 29.4. The van der Waals surface area contributed by atoms with Gasteiger partial charge >= 0.3 is 0 Å². The van der Waals surface area contributed by atoms with E-state index >= 15 is 0 Å². The molecule has 12 nitrogen and oxygen atoms in total. The number of nitrogens with one attached hydrogen (secondary N) is 2. The Labute approximate surface area is 211 Å². The van der Waals surface area contributed by atoms with Gasteiger partial charge in [0, 0.05) is 21.5 Å². The number of hydrogen-bond acceptors (Lipinski definition) is 9. The zero-order valence-corrected chi connectivity index (χ0v) is 19.4. The minimum absolute atomic E-state index is 0.0423. The molecule has 2 amide bonds. The van der Waals surface area contributed by atoms with Crippen LogP contribution in [-0.2, 0) is 4.74 Å². The lowest BCUT2D eigenvalue weighted by atomic mass is 9.96. The number of phenolic OH excluding ortho intramolecular Hbond substituents is 2. The molecular formula is C26H21N3O9. The Morgan fingerprint density at radius 2 is 1.45 bits per heavy atom. The van der Waals surface area contributed by atoms with Gasteiger partial charge in [0.15, 0.2) is 6.23 Å². The maximum absolute atomic E-state index is 13.2. The highest BCUT2D eigenvalue weighted by atomic mass is 16.6. The smallest absolute Gasteiger partial charge is 0.259 e. The highest BCUT2D eigenvalue weighted by Gasteiger charge is 2.46. The van der Waals surface area contributed by atoms with E-state index in [4.69, 9.17) is 4.74 Å². The van der Waals surface area contributed by atoms with Crippen LogP contribution in [0.15, 0.2) is 36.4 Å². The van der Waals surface area contributed by atoms with Crippen LogP contribution in [0.2, 0.25) is 0 Å². The van der Waals surface area contributed by atoms with Gasteiger partial charge in [0.05, 0.1) is 39.8 Å². The van der Waals surface area contributed by atoms with Crippen molar-refractivity contribution in [1.82, 2.24) is 14.9 Å². The average molecular weight is 519 g/mol. The number of ether oxygens (including phenoxy) is 1. The third-order valence-electron chi connectivity index (χ3n) is 7.60. The minimum atomic E-state index is -1.72. The normalized spacial score (nSPS) is 25.6. The Balaban J connectivity index is 1.74. The van der Waals surface area contributed by atoms with Gasteiger partial charge in [0.2, 0.25) is 0 Å². The van der Waals surface area contributed by atoms with Gasteiger partial charge in [-0.15, -0.1) is 0 Å². The van der Waals surface area contributed by atoms with Gasteiger partial charge in [0.25, 0.3) is 11.8 Å². The summed E-state index contributed by atoms with van der Waals surface area (Å²) < 4.78 is 7.25. The maximum Gasteiger partial charge on any atom is 0.259 e. The first-order valence-corrected chi connectivity index (χ1v) is 11.9. The number of aromatic amines is 1. The summed E-state index contributed by atoms with van der Waals surface area (Å²) in [6.45, 7) is -0.674. The van der Waals surface area contributed by atoms with Gasteiger partial charge in [-0.2, -0.15) is 0 Å². The quantitative estimate of drug-likeness (QED) is 0.155. The lowest BCUT2D eigenvalue weighted by Crippen LogP contribution is -2.56. The number of benzene rings is 3. The van der Waals surface area contributed by atoms with E-state index in [0.717, 1.165) is 0 Å². The highest BCUT2D eigenvalue weighted by molar-refractivity contribution is 6.39. The number of phenols is 2. The van der Waals surface area contributed by atoms with E-state index in [9.17, 15) is 40.2 Å². The van der Waals surface area contributed by atoms with Crippen LogP contribution < -0.4 is 5.32 Å².